The molecule has 0 spiro atoms. The number of piperidine rings is 1. The Kier molecular flexibility index (Phi) is 6.76. The van der Waals surface area contributed by atoms with Crippen molar-refractivity contribution >= 4 is 18.0 Å². The van der Waals surface area contributed by atoms with Gasteiger partial charge in [-0.25, -0.2) is 4.99 Å². The number of allylic oxidation sites excluding steroid dienone is 4. The molecular formula is C22H32N7O+. The number of rotatable bonds is 6. The van der Waals surface area contributed by atoms with Crippen LogP contribution >= 0.6 is 0 Å². The molecule has 30 heavy (non-hydrogen) atoms. The number of amides is 1. The summed E-state index contributed by atoms with van der Waals surface area (Å²) in [4.78, 5) is 17.9. The maximum Gasteiger partial charge on any atom is 0.219 e. The van der Waals surface area contributed by atoms with Gasteiger partial charge >= 0.3 is 0 Å². The number of fused-ring (bicyclic) bond motifs is 1. The van der Waals surface area contributed by atoms with E-state index in [1.807, 2.05) is 23.3 Å². The first-order chi connectivity index (χ1) is 14.4. The van der Waals surface area contributed by atoms with Gasteiger partial charge in [-0.2, -0.15) is 0 Å². The molecule has 7 N–H and O–H groups in total. The zero-order valence-electron chi connectivity index (χ0n) is 17.9. The lowest BCUT2D eigenvalue weighted by molar-refractivity contribution is -0.129. The molecule has 3 aliphatic heterocycles. The second kappa shape index (κ2) is 9.47. The molecule has 3 rings (SSSR count). The normalized spacial score (nSPS) is 20.2. The standard InChI is InChI=1S/C22H31N7O/c1-14(2)16(12-23)10-21(24)28-22-5-4-19-20(27-22)11-18(13-25-19)26-17-6-8-29(9-7-17)15(3)30/h4-5,10-14,17,23,25-27H,6-9H2,1-3H3,(H2,24,28)/p+1. The van der Waals surface area contributed by atoms with E-state index in [2.05, 4.69) is 40.9 Å². The fourth-order valence-electron chi connectivity index (χ4n) is 3.56. The molecular weight excluding hydrogens is 378 g/mol. The van der Waals surface area contributed by atoms with E-state index in [0.29, 0.717) is 17.7 Å². The van der Waals surface area contributed by atoms with Crippen LogP contribution in [0.15, 0.2) is 64.0 Å². The molecule has 8 nitrogen and oxygen atoms in total. The summed E-state index contributed by atoms with van der Waals surface area (Å²) in [6, 6.07) is 0.343. The van der Waals surface area contributed by atoms with Crippen molar-refractivity contribution in [1.29, 1.82) is 0 Å². The maximum atomic E-state index is 11.5. The van der Waals surface area contributed by atoms with E-state index < -0.39 is 0 Å². The van der Waals surface area contributed by atoms with E-state index in [1.165, 1.54) is 0 Å². The van der Waals surface area contributed by atoms with E-state index in [1.54, 1.807) is 19.2 Å². The first-order valence-electron chi connectivity index (χ1n) is 10.4. The van der Waals surface area contributed by atoms with E-state index in [4.69, 9.17) is 11.1 Å². The minimum Gasteiger partial charge on any atom is -0.384 e. The van der Waals surface area contributed by atoms with Crippen LogP contribution in [-0.2, 0) is 4.79 Å². The fourth-order valence-corrected chi connectivity index (χ4v) is 3.56. The molecule has 1 saturated heterocycles. The molecule has 0 aliphatic carbocycles. The number of hydrogen-bond acceptors (Lipinski definition) is 5. The van der Waals surface area contributed by atoms with Crippen LogP contribution in [0.5, 0.6) is 0 Å². The number of hydrogen-bond donors (Lipinski definition) is 5. The average Bonchev–Trinajstić information content (AvgIpc) is 2.72. The molecule has 0 atom stereocenters. The highest BCUT2D eigenvalue weighted by atomic mass is 16.2. The van der Waals surface area contributed by atoms with Crippen LogP contribution in [0.25, 0.3) is 0 Å². The molecule has 160 valence electrons. The number of carbonyl (C=O) groups excluding carboxylic acids is 1. The van der Waals surface area contributed by atoms with E-state index in [9.17, 15) is 4.79 Å². The predicted molar refractivity (Wildman–Crippen MR) is 120 cm³/mol. The first kappa shape index (κ1) is 21.4. The van der Waals surface area contributed by atoms with Crippen molar-refractivity contribution in [2.75, 3.05) is 13.1 Å². The average molecular weight is 411 g/mol. The Bertz CT molecular complexity index is 881. The number of amidine groups is 1. The third kappa shape index (κ3) is 5.40. The zero-order valence-corrected chi connectivity index (χ0v) is 17.9. The molecule has 0 bridgehead atoms. The van der Waals surface area contributed by atoms with Gasteiger partial charge in [-0.15, -0.1) is 0 Å². The Morgan fingerprint density at radius 1 is 1.33 bits per heavy atom. The number of likely N-dealkylation sites (tertiary alicyclic amines) is 1. The Hall–Kier alpha value is -3.29. The van der Waals surface area contributed by atoms with Crippen molar-refractivity contribution in [1.82, 2.24) is 20.9 Å². The number of nitrogens with one attached hydrogen (secondary N) is 3. The molecule has 0 aromatic rings. The number of aliphatic imine (C=N–C) groups is 1. The summed E-state index contributed by atoms with van der Waals surface area (Å²) in [7, 11) is 0. The highest BCUT2D eigenvalue weighted by Gasteiger charge is 2.22. The molecule has 8 heteroatoms. The highest BCUT2D eigenvalue weighted by Crippen LogP contribution is 2.20. The Balaban J connectivity index is 1.63. The largest absolute Gasteiger partial charge is 0.384 e. The van der Waals surface area contributed by atoms with Gasteiger partial charge in [0.1, 0.15) is 11.7 Å². The second-order valence-corrected chi connectivity index (χ2v) is 7.99. The van der Waals surface area contributed by atoms with Crippen molar-refractivity contribution < 1.29 is 10.2 Å². The maximum absolute atomic E-state index is 11.5. The van der Waals surface area contributed by atoms with Gasteiger partial charge in [0.25, 0.3) is 0 Å². The number of dihydropyridines is 2. The molecule has 0 unspecified atom stereocenters. The van der Waals surface area contributed by atoms with E-state index in [0.717, 1.165) is 48.6 Å². The smallest absolute Gasteiger partial charge is 0.219 e. The van der Waals surface area contributed by atoms with Crippen molar-refractivity contribution in [2.24, 2.45) is 16.6 Å². The lowest BCUT2D eigenvalue weighted by Crippen LogP contribution is -2.44. The predicted octanol–water partition coefficient (Wildman–Crippen LogP) is 0.0134. The zero-order chi connectivity index (χ0) is 21.7. The summed E-state index contributed by atoms with van der Waals surface area (Å²) < 4.78 is 0. The quantitative estimate of drug-likeness (QED) is 0.312. The summed E-state index contributed by atoms with van der Waals surface area (Å²) in [6.07, 6.45) is 13.1. The molecule has 0 radical (unpaired) electrons. The minimum atomic E-state index is 0.147. The van der Waals surface area contributed by atoms with E-state index in [-0.39, 0.29) is 11.8 Å². The fraction of sp³-hybridized carbons (Fsp3) is 0.409. The third-order valence-electron chi connectivity index (χ3n) is 5.38. The summed E-state index contributed by atoms with van der Waals surface area (Å²) in [5.41, 5.74) is 9.91. The van der Waals surface area contributed by atoms with Crippen LogP contribution in [0.2, 0.25) is 0 Å². The van der Waals surface area contributed by atoms with Gasteiger partial charge in [-0.3, -0.25) is 10.2 Å². The van der Waals surface area contributed by atoms with Gasteiger partial charge < -0.3 is 26.6 Å². The van der Waals surface area contributed by atoms with Crippen LogP contribution < -0.4 is 27.1 Å². The van der Waals surface area contributed by atoms with Crippen LogP contribution in [0.4, 0.5) is 0 Å². The van der Waals surface area contributed by atoms with Crippen LogP contribution in [-0.4, -0.2) is 42.0 Å². The number of nitrogens with two attached hydrogens (primary N) is 2. The lowest BCUT2D eigenvalue weighted by Gasteiger charge is -2.33. The molecule has 1 fully saturated rings. The van der Waals surface area contributed by atoms with Gasteiger partial charge in [0, 0.05) is 37.8 Å². The van der Waals surface area contributed by atoms with Crippen molar-refractivity contribution in [3.05, 3.63) is 59.0 Å². The molecule has 0 aromatic carbocycles. The topological polar surface area (TPSA) is 120 Å². The second-order valence-electron chi connectivity index (χ2n) is 7.99. The SMILES string of the molecule is CC(=O)N1CCC(NC2=CNC3=CC=C(N=C(N)C=C(C=[NH2+])C(C)C)NC3=C2)CC1. The molecule has 0 aromatic heterocycles. The first-order valence-corrected chi connectivity index (χ1v) is 10.4. The van der Waals surface area contributed by atoms with Gasteiger partial charge in [0.2, 0.25) is 5.91 Å². The van der Waals surface area contributed by atoms with Crippen molar-refractivity contribution in [3.8, 4) is 0 Å². The molecule has 3 heterocycles. The molecule has 0 saturated carbocycles. The number of carbonyl (C=O) groups is 1. The van der Waals surface area contributed by atoms with Gasteiger partial charge in [-0.1, -0.05) is 13.8 Å². The third-order valence-corrected chi connectivity index (χ3v) is 5.38. The number of nitrogens with zero attached hydrogens (tertiary/aromatic N) is 2. The lowest BCUT2D eigenvalue weighted by atomic mass is 10.0. The summed E-state index contributed by atoms with van der Waals surface area (Å²) in [5.74, 6) is 1.48. The van der Waals surface area contributed by atoms with Crippen molar-refractivity contribution in [3.63, 3.8) is 0 Å². The highest BCUT2D eigenvalue weighted by molar-refractivity contribution is 5.97. The monoisotopic (exact) mass is 410 g/mol. The van der Waals surface area contributed by atoms with E-state index >= 15 is 0 Å². The molecule has 1 amide bonds. The Morgan fingerprint density at radius 3 is 2.70 bits per heavy atom. The summed E-state index contributed by atoms with van der Waals surface area (Å²) in [5, 5.41) is 15.8. The van der Waals surface area contributed by atoms with Gasteiger partial charge in [-0.05, 0) is 43.1 Å². The van der Waals surface area contributed by atoms with Gasteiger partial charge in [0.05, 0.1) is 17.1 Å². The Labute approximate surface area is 177 Å². The van der Waals surface area contributed by atoms with Crippen LogP contribution in [0, 0.1) is 5.92 Å². The summed E-state index contributed by atoms with van der Waals surface area (Å²) >= 11 is 0. The minimum absolute atomic E-state index is 0.147. The van der Waals surface area contributed by atoms with Crippen LogP contribution in [0.1, 0.15) is 33.6 Å². The van der Waals surface area contributed by atoms with Crippen molar-refractivity contribution in [2.45, 2.75) is 39.7 Å². The molecule has 3 aliphatic rings. The van der Waals surface area contributed by atoms with Crippen LogP contribution in [0.3, 0.4) is 0 Å². The summed E-state index contributed by atoms with van der Waals surface area (Å²) in [6.45, 7) is 7.32. The Morgan fingerprint density at radius 2 is 2.07 bits per heavy atom. The van der Waals surface area contributed by atoms with Gasteiger partial charge in [0.15, 0.2) is 6.21 Å².